The van der Waals surface area contributed by atoms with Crippen LogP contribution in [-0.2, 0) is 32.8 Å². The Labute approximate surface area is 176 Å². The maximum Gasteiger partial charge on any atom is 0.268 e. The Morgan fingerprint density at radius 3 is 2.33 bits per heavy atom. The summed E-state index contributed by atoms with van der Waals surface area (Å²) in [7, 11) is -7.29. The Bertz CT molecular complexity index is 1300. The minimum atomic E-state index is -3.80. The van der Waals surface area contributed by atoms with Gasteiger partial charge in [-0.15, -0.1) is 0 Å². The lowest BCUT2D eigenvalue weighted by Gasteiger charge is -2.19. The lowest BCUT2D eigenvalue weighted by Crippen LogP contribution is -2.30. The molecule has 2 aromatic carbocycles. The van der Waals surface area contributed by atoms with Gasteiger partial charge in [0.15, 0.2) is 9.84 Å². The number of anilines is 1. The van der Waals surface area contributed by atoms with Gasteiger partial charge in [0, 0.05) is 6.54 Å². The van der Waals surface area contributed by atoms with E-state index in [0.717, 1.165) is 5.56 Å². The summed E-state index contributed by atoms with van der Waals surface area (Å²) < 4.78 is 54.9. The highest BCUT2D eigenvalue weighted by Gasteiger charge is 2.35. The van der Waals surface area contributed by atoms with Gasteiger partial charge in [0.25, 0.3) is 10.0 Å². The van der Waals surface area contributed by atoms with Crippen molar-refractivity contribution in [1.29, 1.82) is 0 Å². The van der Waals surface area contributed by atoms with Crippen molar-refractivity contribution in [3.8, 4) is 0 Å². The molecule has 7 nitrogen and oxygen atoms in total. The number of hydrogen-bond acceptors (Lipinski definition) is 5. The number of sulfone groups is 1. The first-order chi connectivity index (χ1) is 14.2. The summed E-state index contributed by atoms with van der Waals surface area (Å²) in [6.07, 6.45) is 0.664. The second kappa shape index (κ2) is 7.55. The fraction of sp³-hybridized carbons (Fsp3) is 0.286. The Morgan fingerprint density at radius 2 is 1.60 bits per heavy atom. The van der Waals surface area contributed by atoms with Crippen molar-refractivity contribution in [3.05, 3.63) is 71.5 Å². The van der Waals surface area contributed by atoms with Crippen molar-refractivity contribution < 1.29 is 16.8 Å². The molecular weight excluding hydrogens is 422 g/mol. The number of aryl methyl sites for hydroxylation is 2. The Morgan fingerprint density at radius 1 is 0.933 bits per heavy atom. The lowest BCUT2D eigenvalue weighted by molar-refractivity contribution is 0.575. The van der Waals surface area contributed by atoms with E-state index in [2.05, 4.69) is 5.10 Å². The molecule has 1 aromatic heterocycles. The summed E-state index contributed by atoms with van der Waals surface area (Å²) in [5, 5.41) is 4.35. The number of rotatable bonds is 6. The molecule has 3 aromatic rings. The molecule has 0 spiro atoms. The number of aromatic nitrogens is 2. The monoisotopic (exact) mass is 445 g/mol. The van der Waals surface area contributed by atoms with E-state index in [0.29, 0.717) is 30.0 Å². The lowest BCUT2D eigenvalue weighted by atomic mass is 10.2. The van der Waals surface area contributed by atoms with Crippen molar-refractivity contribution in [1.82, 2.24) is 9.78 Å². The second-order valence-electron chi connectivity index (χ2n) is 7.31. The van der Waals surface area contributed by atoms with Crippen LogP contribution in [0.1, 0.15) is 17.0 Å². The average Bonchev–Trinajstić information content (AvgIpc) is 3.28. The maximum absolute atomic E-state index is 13.4. The van der Waals surface area contributed by atoms with Crippen LogP contribution in [-0.4, -0.2) is 38.9 Å². The minimum Gasteiger partial charge on any atom is -0.267 e. The van der Waals surface area contributed by atoms with Crippen molar-refractivity contribution in [2.75, 3.05) is 16.6 Å². The molecule has 1 aliphatic rings. The topological polar surface area (TPSA) is 89.3 Å². The quantitative estimate of drug-likeness (QED) is 0.582. The summed E-state index contributed by atoms with van der Waals surface area (Å²) in [4.78, 5) is 0.393. The molecule has 1 aliphatic heterocycles. The molecule has 0 atom stereocenters. The molecule has 0 amide bonds. The van der Waals surface area contributed by atoms with Gasteiger partial charge in [-0.25, -0.2) is 16.8 Å². The summed E-state index contributed by atoms with van der Waals surface area (Å²) in [5.74, 6) is -0.162. The highest BCUT2D eigenvalue weighted by atomic mass is 32.2. The van der Waals surface area contributed by atoms with E-state index in [-0.39, 0.29) is 22.1 Å². The van der Waals surface area contributed by atoms with Crippen LogP contribution in [0.15, 0.2) is 64.4 Å². The Balaban J connectivity index is 1.63. The highest BCUT2D eigenvalue weighted by molar-refractivity contribution is 7.93. The van der Waals surface area contributed by atoms with Crippen molar-refractivity contribution in [2.45, 2.75) is 36.6 Å². The zero-order valence-corrected chi connectivity index (χ0v) is 18.4. The molecule has 0 saturated carbocycles. The summed E-state index contributed by atoms with van der Waals surface area (Å²) in [6, 6.07) is 15.7. The van der Waals surface area contributed by atoms with E-state index in [1.165, 1.54) is 8.99 Å². The van der Waals surface area contributed by atoms with Gasteiger partial charge in [0.05, 0.1) is 34.3 Å². The maximum atomic E-state index is 13.4. The normalized spacial score (nSPS) is 14.1. The van der Waals surface area contributed by atoms with Crippen LogP contribution >= 0.6 is 0 Å². The fourth-order valence-electron chi connectivity index (χ4n) is 3.89. The van der Waals surface area contributed by atoms with Crippen molar-refractivity contribution >= 4 is 25.5 Å². The third-order valence-electron chi connectivity index (χ3n) is 5.38. The molecule has 30 heavy (non-hydrogen) atoms. The van der Waals surface area contributed by atoms with Gasteiger partial charge in [-0.05, 0) is 44.0 Å². The standard InChI is InChI=1S/C21H23N3O4S2/c1-16-21(30(27,28)24-13-12-18-8-6-7-11-20(18)24)17(2)23(22-16)14-15-29(25,26)19-9-4-3-5-10-19/h3-11H,12-15H2,1-2H3. The minimum absolute atomic E-state index is 0.0794. The molecule has 0 radical (unpaired) electrons. The number of para-hydroxylation sites is 1. The molecule has 158 valence electrons. The number of hydrogen-bond donors (Lipinski definition) is 0. The first kappa shape index (κ1) is 20.6. The molecule has 0 fully saturated rings. The van der Waals surface area contributed by atoms with Gasteiger partial charge in [0.1, 0.15) is 4.90 Å². The SMILES string of the molecule is Cc1nn(CCS(=O)(=O)c2ccccc2)c(C)c1S(=O)(=O)N1CCc2ccccc21. The van der Waals surface area contributed by atoms with E-state index in [1.807, 2.05) is 18.2 Å². The van der Waals surface area contributed by atoms with Gasteiger partial charge in [0.2, 0.25) is 0 Å². The van der Waals surface area contributed by atoms with E-state index in [9.17, 15) is 16.8 Å². The van der Waals surface area contributed by atoms with E-state index >= 15 is 0 Å². The zero-order valence-electron chi connectivity index (χ0n) is 16.8. The van der Waals surface area contributed by atoms with Crippen LogP contribution in [0.3, 0.4) is 0 Å². The van der Waals surface area contributed by atoms with Gasteiger partial charge < -0.3 is 0 Å². The highest BCUT2D eigenvalue weighted by Crippen LogP contribution is 2.34. The Hall–Kier alpha value is -2.65. The number of fused-ring (bicyclic) bond motifs is 1. The first-order valence-electron chi connectivity index (χ1n) is 9.64. The van der Waals surface area contributed by atoms with Crippen LogP contribution in [0.25, 0.3) is 0 Å². The van der Waals surface area contributed by atoms with Gasteiger partial charge in [-0.3, -0.25) is 8.99 Å². The predicted molar refractivity (Wildman–Crippen MR) is 115 cm³/mol. The third kappa shape index (κ3) is 3.52. The molecule has 9 heteroatoms. The van der Waals surface area contributed by atoms with Crippen molar-refractivity contribution in [2.24, 2.45) is 0 Å². The number of sulfonamides is 1. The van der Waals surface area contributed by atoms with E-state index in [4.69, 9.17) is 0 Å². The van der Waals surface area contributed by atoms with E-state index < -0.39 is 19.9 Å². The van der Waals surface area contributed by atoms with Gasteiger partial charge in [-0.2, -0.15) is 5.10 Å². The molecule has 0 bridgehead atoms. The molecule has 0 saturated heterocycles. The fourth-order valence-corrected chi connectivity index (χ4v) is 6.99. The smallest absolute Gasteiger partial charge is 0.267 e. The number of nitrogens with zero attached hydrogens (tertiary/aromatic N) is 3. The van der Waals surface area contributed by atoms with Gasteiger partial charge in [-0.1, -0.05) is 36.4 Å². The third-order valence-corrected chi connectivity index (χ3v) is 9.16. The molecule has 0 unspecified atom stereocenters. The molecule has 4 rings (SSSR count). The van der Waals surface area contributed by atoms with Gasteiger partial charge >= 0.3 is 0 Å². The predicted octanol–water partition coefficient (Wildman–Crippen LogP) is 2.73. The summed E-state index contributed by atoms with van der Waals surface area (Å²) in [5.41, 5.74) is 2.50. The van der Waals surface area contributed by atoms with E-state index in [1.54, 1.807) is 50.2 Å². The molecule has 0 N–H and O–H groups in total. The Kier molecular flexibility index (Phi) is 5.19. The van der Waals surface area contributed by atoms with Crippen LogP contribution in [0.2, 0.25) is 0 Å². The molecule has 0 aliphatic carbocycles. The van der Waals surface area contributed by atoms with Crippen LogP contribution in [0, 0.1) is 13.8 Å². The summed E-state index contributed by atoms with van der Waals surface area (Å²) >= 11 is 0. The van der Waals surface area contributed by atoms with Crippen LogP contribution < -0.4 is 4.31 Å². The summed E-state index contributed by atoms with van der Waals surface area (Å²) in [6.45, 7) is 3.78. The van der Waals surface area contributed by atoms with Crippen LogP contribution in [0.4, 0.5) is 5.69 Å². The van der Waals surface area contributed by atoms with Crippen molar-refractivity contribution in [3.63, 3.8) is 0 Å². The largest absolute Gasteiger partial charge is 0.268 e. The second-order valence-corrected chi connectivity index (χ2v) is 11.2. The zero-order chi connectivity index (χ0) is 21.5. The molecule has 2 heterocycles. The molecular formula is C21H23N3O4S2. The number of benzene rings is 2. The van der Waals surface area contributed by atoms with Crippen LogP contribution in [0.5, 0.6) is 0 Å². The first-order valence-corrected chi connectivity index (χ1v) is 12.7. The average molecular weight is 446 g/mol.